The van der Waals surface area contributed by atoms with E-state index in [2.05, 4.69) is 37.5 Å². The topological polar surface area (TPSA) is 18.5 Å². The number of unbranched alkanes of at least 4 members (excludes halogenated alkanes) is 10. The molecule has 0 atom stereocenters. The maximum absolute atomic E-state index is 14.5. The summed E-state index contributed by atoms with van der Waals surface area (Å²) in [4.78, 5) is 0.0716. The molecule has 218 valence electrons. The van der Waals surface area contributed by atoms with Gasteiger partial charge >= 0.3 is 0 Å². The molecule has 0 bridgehead atoms. The van der Waals surface area contributed by atoms with Crippen LogP contribution in [0.2, 0.25) is 0 Å². The van der Waals surface area contributed by atoms with Gasteiger partial charge in [-0.25, -0.2) is 8.78 Å². The quantitative estimate of drug-likeness (QED) is 0.125. The minimum atomic E-state index is -0.955. The number of hydrogen-bond donors (Lipinski definition) is 0. The van der Waals surface area contributed by atoms with Crippen LogP contribution in [0.5, 0.6) is 11.5 Å². The van der Waals surface area contributed by atoms with E-state index in [4.69, 9.17) is 9.47 Å². The Hall–Kier alpha value is -3.28. The Kier molecular flexibility index (Phi) is 14.9. The Labute approximate surface area is 249 Å². The summed E-state index contributed by atoms with van der Waals surface area (Å²) in [6, 6.07) is 14.7. The van der Waals surface area contributed by atoms with Gasteiger partial charge in [0.15, 0.2) is 11.6 Å². The fourth-order valence-electron chi connectivity index (χ4n) is 4.22. The van der Waals surface area contributed by atoms with Gasteiger partial charge in [-0.1, -0.05) is 89.9 Å². The monoisotopic (exact) mass is 576 g/mol. The Balaban J connectivity index is 1.48. The summed E-state index contributed by atoms with van der Waals surface area (Å²) in [7, 11) is 0. The van der Waals surface area contributed by atoms with Crippen molar-refractivity contribution in [3.63, 3.8) is 0 Å². The first-order valence-electron chi connectivity index (χ1n) is 15.1. The third kappa shape index (κ3) is 12.0. The second-order valence-electron chi connectivity index (χ2n) is 10.2. The Morgan fingerprint density at radius 3 is 1.27 bits per heavy atom. The van der Waals surface area contributed by atoms with Gasteiger partial charge in [0.2, 0.25) is 0 Å². The summed E-state index contributed by atoms with van der Waals surface area (Å²) in [6.45, 7) is 5.82. The molecule has 0 aliphatic rings. The molecule has 1 heterocycles. The first kappa shape index (κ1) is 32.2. The third-order valence-corrected chi connectivity index (χ3v) is 7.65. The second-order valence-corrected chi connectivity index (χ2v) is 11.2. The number of halogens is 2. The minimum absolute atomic E-state index is 0.0358. The summed E-state index contributed by atoms with van der Waals surface area (Å²) in [5.41, 5.74) is 1.41. The van der Waals surface area contributed by atoms with E-state index in [1.165, 1.54) is 64.2 Å². The molecule has 1 aromatic heterocycles. The fourth-order valence-corrected chi connectivity index (χ4v) is 4.99. The van der Waals surface area contributed by atoms with E-state index in [9.17, 15) is 8.78 Å². The van der Waals surface area contributed by atoms with Crippen LogP contribution in [0.3, 0.4) is 0 Å². The van der Waals surface area contributed by atoms with Crippen molar-refractivity contribution >= 4 is 11.3 Å². The Morgan fingerprint density at radius 1 is 0.512 bits per heavy atom. The zero-order valence-electron chi connectivity index (χ0n) is 24.5. The predicted molar refractivity (Wildman–Crippen MR) is 167 cm³/mol. The van der Waals surface area contributed by atoms with Crippen LogP contribution in [-0.2, 0) is 0 Å². The zero-order chi connectivity index (χ0) is 29.1. The number of benzene rings is 2. The van der Waals surface area contributed by atoms with Gasteiger partial charge in [0.25, 0.3) is 0 Å². The van der Waals surface area contributed by atoms with Gasteiger partial charge < -0.3 is 9.47 Å². The molecule has 2 nitrogen and oxygen atoms in total. The highest BCUT2D eigenvalue weighted by molar-refractivity contribution is 7.13. The zero-order valence-corrected chi connectivity index (χ0v) is 25.3. The van der Waals surface area contributed by atoms with E-state index in [1.54, 1.807) is 0 Å². The van der Waals surface area contributed by atoms with Gasteiger partial charge in [0.1, 0.15) is 21.3 Å². The van der Waals surface area contributed by atoms with E-state index >= 15 is 0 Å². The summed E-state index contributed by atoms with van der Waals surface area (Å²) in [6.07, 6.45) is 14.6. The van der Waals surface area contributed by atoms with Crippen LogP contribution >= 0.6 is 11.3 Å². The molecule has 3 aromatic rings. The lowest BCUT2D eigenvalue weighted by Gasteiger charge is -2.06. The fraction of sp³-hybridized carbons (Fsp3) is 0.444. The number of ether oxygens (including phenoxy) is 2. The largest absolute Gasteiger partial charge is 0.494 e. The molecule has 0 aliphatic heterocycles. The number of hydrogen-bond acceptors (Lipinski definition) is 3. The van der Waals surface area contributed by atoms with Crippen molar-refractivity contribution < 1.29 is 18.3 Å². The molecule has 0 saturated heterocycles. The molecule has 3 rings (SSSR count). The maximum atomic E-state index is 14.5. The Bertz CT molecular complexity index is 1190. The van der Waals surface area contributed by atoms with Gasteiger partial charge in [-0.3, -0.25) is 0 Å². The average molecular weight is 577 g/mol. The number of thiophene rings is 1. The van der Waals surface area contributed by atoms with Crippen LogP contribution < -0.4 is 9.47 Å². The smallest absolute Gasteiger partial charge is 0.186 e. The second kappa shape index (κ2) is 19.0. The molecule has 0 amide bonds. The van der Waals surface area contributed by atoms with Gasteiger partial charge in [-0.15, -0.1) is 11.3 Å². The molecule has 41 heavy (non-hydrogen) atoms. The Morgan fingerprint density at radius 2 is 0.878 bits per heavy atom. The highest BCUT2D eigenvalue weighted by atomic mass is 32.1. The van der Waals surface area contributed by atoms with E-state index in [-0.39, 0.29) is 9.75 Å². The van der Waals surface area contributed by atoms with Crippen LogP contribution in [0, 0.1) is 35.3 Å². The van der Waals surface area contributed by atoms with Crippen LogP contribution in [0.1, 0.15) is 112 Å². The minimum Gasteiger partial charge on any atom is -0.494 e. The summed E-state index contributed by atoms with van der Waals surface area (Å²) >= 11 is 0.925. The average Bonchev–Trinajstić information content (AvgIpc) is 3.27. The van der Waals surface area contributed by atoms with Crippen molar-refractivity contribution in [3.05, 3.63) is 81.0 Å². The van der Waals surface area contributed by atoms with Gasteiger partial charge in [-0.05, 0) is 73.2 Å². The van der Waals surface area contributed by atoms with Crippen molar-refractivity contribution in [2.75, 3.05) is 13.2 Å². The lowest BCUT2D eigenvalue weighted by molar-refractivity contribution is 0.304. The van der Waals surface area contributed by atoms with Crippen LogP contribution in [0.25, 0.3) is 0 Å². The highest BCUT2D eigenvalue weighted by Gasteiger charge is 2.16. The number of rotatable bonds is 16. The first-order valence-corrected chi connectivity index (χ1v) is 15.9. The lowest BCUT2D eigenvalue weighted by atomic mass is 10.1. The molecule has 0 saturated carbocycles. The van der Waals surface area contributed by atoms with E-state index < -0.39 is 11.6 Å². The first-order chi connectivity index (χ1) is 20.1. The normalized spacial score (nSPS) is 10.4. The molecule has 0 unspecified atom stereocenters. The van der Waals surface area contributed by atoms with E-state index in [0.717, 1.165) is 35.7 Å². The van der Waals surface area contributed by atoms with Crippen molar-refractivity contribution in [1.29, 1.82) is 0 Å². The van der Waals surface area contributed by atoms with Crippen molar-refractivity contribution in [1.82, 2.24) is 0 Å². The molecule has 0 spiro atoms. The van der Waals surface area contributed by atoms with Gasteiger partial charge in [0, 0.05) is 11.1 Å². The maximum Gasteiger partial charge on any atom is 0.186 e. The molecule has 5 heteroatoms. The molecular formula is C36H42F2O2S. The van der Waals surface area contributed by atoms with E-state index in [0.29, 0.717) is 24.3 Å². The molecule has 0 N–H and O–H groups in total. The molecule has 0 aliphatic carbocycles. The van der Waals surface area contributed by atoms with Crippen LogP contribution in [-0.4, -0.2) is 13.2 Å². The standard InChI is InChI=1S/C36H42F2O2S/c1-3-5-7-9-11-13-27-39-31-21-15-29(16-22-31)19-25-33-35(37)36(38)34(41-33)26-20-30-17-23-32(24-18-30)40-28-14-12-10-8-6-4-2/h15-18,21-24H,3-14,27-28H2,1-2H3. The molecule has 0 fully saturated rings. The summed E-state index contributed by atoms with van der Waals surface area (Å²) < 4.78 is 40.6. The predicted octanol–water partition coefficient (Wildman–Crippen LogP) is 10.3. The molecular weight excluding hydrogens is 534 g/mol. The molecule has 2 aromatic carbocycles. The van der Waals surface area contributed by atoms with Gasteiger partial charge in [-0.2, -0.15) is 0 Å². The van der Waals surface area contributed by atoms with E-state index in [1.807, 2.05) is 48.5 Å². The van der Waals surface area contributed by atoms with Crippen molar-refractivity contribution in [3.8, 4) is 35.2 Å². The summed E-state index contributed by atoms with van der Waals surface area (Å²) in [5, 5.41) is 0. The van der Waals surface area contributed by atoms with Crippen molar-refractivity contribution in [2.24, 2.45) is 0 Å². The SMILES string of the molecule is CCCCCCCCOc1ccc(C#Cc2sc(C#Cc3ccc(OCCCCCCCC)cc3)c(F)c2F)cc1. The van der Waals surface area contributed by atoms with Crippen molar-refractivity contribution in [2.45, 2.75) is 90.9 Å². The van der Waals surface area contributed by atoms with Gasteiger partial charge in [0.05, 0.1) is 13.2 Å². The highest BCUT2D eigenvalue weighted by Crippen LogP contribution is 2.25. The third-order valence-electron chi connectivity index (χ3n) is 6.68. The molecule has 0 radical (unpaired) electrons. The summed E-state index contributed by atoms with van der Waals surface area (Å²) in [5.74, 6) is 11.0. The van der Waals surface area contributed by atoms with Crippen LogP contribution in [0.4, 0.5) is 8.78 Å². The lowest BCUT2D eigenvalue weighted by Crippen LogP contribution is -1.97. The van der Waals surface area contributed by atoms with Crippen LogP contribution in [0.15, 0.2) is 48.5 Å².